The van der Waals surface area contributed by atoms with E-state index in [0.29, 0.717) is 10.0 Å². The van der Waals surface area contributed by atoms with E-state index in [2.05, 4.69) is 15.9 Å². The molecule has 0 aromatic heterocycles. The summed E-state index contributed by atoms with van der Waals surface area (Å²) >= 11 is 3.19. The van der Waals surface area contributed by atoms with Crippen molar-refractivity contribution in [3.05, 3.63) is 69.9 Å². The Labute approximate surface area is 180 Å². The first-order valence-corrected chi connectivity index (χ1v) is 9.82. The van der Waals surface area contributed by atoms with Gasteiger partial charge < -0.3 is 9.47 Å². The number of halogens is 2. The normalized spacial score (nSPS) is 31.1. The van der Waals surface area contributed by atoms with Gasteiger partial charge in [0, 0.05) is 15.6 Å². The van der Waals surface area contributed by atoms with Crippen molar-refractivity contribution in [3.63, 3.8) is 0 Å². The van der Waals surface area contributed by atoms with Crippen molar-refractivity contribution in [2.45, 2.75) is 18.8 Å². The van der Waals surface area contributed by atoms with E-state index in [0.717, 1.165) is 0 Å². The lowest BCUT2D eigenvalue weighted by Crippen LogP contribution is -2.57. The van der Waals surface area contributed by atoms with Crippen LogP contribution in [-0.4, -0.2) is 5.90 Å². The summed E-state index contributed by atoms with van der Waals surface area (Å²) in [6.07, 6.45) is -1.47. The van der Waals surface area contributed by atoms with E-state index in [4.69, 9.17) is 14.9 Å². The first-order chi connectivity index (χ1) is 14.3. The number of ether oxygens (including phenoxy) is 2. The Kier molecular flexibility index (Phi) is 4.43. The number of nitrogens with zero attached hydrogens (tertiary/aromatic N) is 3. The van der Waals surface area contributed by atoms with Gasteiger partial charge in [0.2, 0.25) is 17.1 Å². The molecule has 4 unspecified atom stereocenters. The average molecular weight is 465 g/mol. The van der Waals surface area contributed by atoms with Crippen LogP contribution < -0.4 is 0 Å². The molecule has 8 heteroatoms. The van der Waals surface area contributed by atoms with Gasteiger partial charge in [-0.05, 0) is 12.1 Å². The number of hydrogen-bond acceptors (Lipinski definition) is 6. The van der Waals surface area contributed by atoms with E-state index in [-0.39, 0.29) is 5.56 Å². The molecule has 2 saturated heterocycles. The van der Waals surface area contributed by atoms with Crippen LogP contribution in [-0.2, 0) is 15.3 Å². The molecule has 4 atom stereocenters. The van der Waals surface area contributed by atoms with Crippen LogP contribution in [0, 0.1) is 62.0 Å². The first kappa shape index (κ1) is 20.0. The second-order valence-corrected chi connectivity index (χ2v) is 8.22. The third kappa shape index (κ3) is 2.20. The van der Waals surface area contributed by atoms with Gasteiger partial charge in [-0.15, -0.1) is 0 Å². The summed E-state index contributed by atoms with van der Waals surface area (Å²) in [7, 11) is 0. The standard InChI is InChI=1S/C22H14BrFN4O2/c1-13-21(12-27)19(28)30-22(13,14-5-3-2-4-6-14)29-18(20(21,10-25)11-26)16-8-7-15(23)9-17(16)24/h2-9,13,18,28H,1H3. The molecule has 6 nitrogen and oxygen atoms in total. The Morgan fingerprint density at radius 2 is 1.73 bits per heavy atom. The molecule has 2 bridgehead atoms. The highest BCUT2D eigenvalue weighted by molar-refractivity contribution is 9.10. The van der Waals surface area contributed by atoms with Gasteiger partial charge in [-0.1, -0.05) is 59.3 Å². The topological polar surface area (TPSA) is 114 Å². The van der Waals surface area contributed by atoms with Gasteiger partial charge in [0.1, 0.15) is 11.9 Å². The van der Waals surface area contributed by atoms with E-state index in [9.17, 15) is 20.2 Å². The molecule has 0 radical (unpaired) electrons. The smallest absolute Gasteiger partial charge is 0.244 e. The number of nitriles is 3. The van der Waals surface area contributed by atoms with Gasteiger partial charge in [-0.3, -0.25) is 5.41 Å². The third-order valence-corrected chi connectivity index (χ3v) is 6.58. The maximum Gasteiger partial charge on any atom is 0.244 e. The molecule has 0 amide bonds. The van der Waals surface area contributed by atoms with Crippen LogP contribution >= 0.6 is 15.9 Å². The fraction of sp³-hybridized carbons (Fsp3) is 0.273. The highest BCUT2D eigenvalue weighted by Gasteiger charge is 2.79. The molecule has 0 spiro atoms. The zero-order valence-electron chi connectivity index (χ0n) is 15.7. The number of hydrogen-bond donors (Lipinski definition) is 1. The summed E-state index contributed by atoms with van der Waals surface area (Å²) in [6.45, 7) is 1.61. The molecule has 2 fully saturated rings. The Morgan fingerprint density at radius 1 is 1.07 bits per heavy atom. The lowest BCUT2D eigenvalue weighted by atomic mass is 9.53. The molecule has 30 heavy (non-hydrogen) atoms. The number of rotatable bonds is 2. The maximum atomic E-state index is 15.0. The van der Waals surface area contributed by atoms with Crippen molar-refractivity contribution in [1.29, 1.82) is 21.2 Å². The molecule has 4 rings (SSSR count). The van der Waals surface area contributed by atoms with Gasteiger partial charge in [0.05, 0.1) is 24.1 Å². The van der Waals surface area contributed by atoms with Crippen molar-refractivity contribution in [2.24, 2.45) is 16.7 Å². The number of benzene rings is 2. The summed E-state index contributed by atoms with van der Waals surface area (Å²) in [5.41, 5.74) is -3.73. The van der Waals surface area contributed by atoms with Gasteiger partial charge in [0.25, 0.3) is 0 Å². The van der Waals surface area contributed by atoms with Crippen LogP contribution in [0.15, 0.2) is 53.0 Å². The lowest BCUT2D eigenvalue weighted by molar-refractivity contribution is -0.289. The second-order valence-electron chi connectivity index (χ2n) is 7.30. The molecule has 1 N–H and O–H groups in total. The van der Waals surface area contributed by atoms with Gasteiger partial charge in [0.15, 0.2) is 5.41 Å². The molecule has 2 aliphatic heterocycles. The zero-order valence-corrected chi connectivity index (χ0v) is 17.3. The molecule has 2 aromatic carbocycles. The SMILES string of the molecule is CC1C2(c3ccccc3)OC(=N)C1(C#N)C(C#N)(C#N)C(c1ccc(Br)cc1F)O2. The predicted octanol–water partition coefficient (Wildman–Crippen LogP) is 4.70. The largest absolute Gasteiger partial charge is 0.443 e. The van der Waals surface area contributed by atoms with Crippen LogP contribution in [0.2, 0.25) is 0 Å². The van der Waals surface area contributed by atoms with Crippen molar-refractivity contribution < 1.29 is 13.9 Å². The van der Waals surface area contributed by atoms with Crippen LogP contribution in [0.25, 0.3) is 0 Å². The maximum absolute atomic E-state index is 15.0. The van der Waals surface area contributed by atoms with E-state index >= 15 is 0 Å². The Balaban J connectivity index is 2.07. The highest BCUT2D eigenvalue weighted by atomic mass is 79.9. The fourth-order valence-corrected chi connectivity index (χ4v) is 4.86. The van der Waals surface area contributed by atoms with Gasteiger partial charge >= 0.3 is 0 Å². The van der Waals surface area contributed by atoms with Crippen molar-refractivity contribution in [1.82, 2.24) is 0 Å². The Bertz CT molecular complexity index is 1170. The minimum atomic E-state index is -2.21. The molecule has 2 heterocycles. The molecule has 2 aliphatic rings. The van der Waals surface area contributed by atoms with E-state index in [1.165, 1.54) is 12.1 Å². The molecular formula is C22H14BrFN4O2. The van der Waals surface area contributed by atoms with Crippen molar-refractivity contribution >= 4 is 21.8 Å². The molecule has 148 valence electrons. The molecule has 2 aromatic rings. The second kappa shape index (κ2) is 6.64. The van der Waals surface area contributed by atoms with Gasteiger partial charge in [-0.2, -0.15) is 15.8 Å². The number of nitrogens with one attached hydrogen (secondary N) is 1. The Hall–Kier alpha value is -3.25. The van der Waals surface area contributed by atoms with Crippen LogP contribution in [0.5, 0.6) is 0 Å². The summed E-state index contributed by atoms with van der Waals surface area (Å²) < 4.78 is 27.5. The monoisotopic (exact) mass is 464 g/mol. The predicted molar refractivity (Wildman–Crippen MR) is 106 cm³/mol. The minimum absolute atomic E-state index is 0.0635. The average Bonchev–Trinajstić information content (AvgIpc) is 2.91. The minimum Gasteiger partial charge on any atom is -0.443 e. The van der Waals surface area contributed by atoms with E-state index in [1.807, 2.05) is 18.2 Å². The van der Waals surface area contributed by atoms with Crippen LogP contribution in [0.3, 0.4) is 0 Å². The fourth-order valence-electron chi connectivity index (χ4n) is 4.53. The zero-order chi connectivity index (χ0) is 21.7. The first-order valence-electron chi connectivity index (χ1n) is 9.03. The molecule has 0 saturated carbocycles. The summed E-state index contributed by atoms with van der Waals surface area (Å²) in [5, 5.41) is 39.0. The van der Waals surface area contributed by atoms with Crippen LogP contribution in [0.4, 0.5) is 4.39 Å². The third-order valence-electron chi connectivity index (χ3n) is 6.09. The van der Waals surface area contributed by atoms with Crippen molar-refractivity contribution in [3.8, 4) is 18.2 Å². The quantitative estimate of drug-likeness (QED) is 0.691. The van der Waals surface area contributed by atoms with E-state index in [1.54, 1.807) is 43.3 Å². The summed E-state index contributed by atoms with van der Waals surface area (Å²) in [6, 6.07) is 18.6. The highest BCUT2D eigenvalue weighted by Crippen LogP contribution is 2.69. The lowest BCUT2D eigenvalue weighted by Gasteiger charge is -2.48. The van der Waals surface area contributed by atoms with Gasteiger partial charge in [-0.25, -0.2) is 4.39 Å². The van der Waals surface area contributed by atoms with Crippen LogP contribution in [0.1, 0.15) is 24.2 Å². The van der Waals surface area contributed by atoms with E-state index < -0.39 is 40.4 Å². The molecule has 0 aliphatic carbocycles. The summed E-state index contributed by atoms with van der Waals surface area (Å²) in [5.74, 6) is -3.76. The number of fused-ring (bicyclic) bond motifs is 2. The Morgan fingerprint density at radius 3 is 2.30 bits per heavy atom. The molecular weight excluding hydrogens is 451 g/mol. The summed E-state index contributed by atoms with van der Waals surface area (Å²) in [4.78, 5) is 0. The van der Waals surface area contributed by atoms with Crippen molar-refractivity contribution in [2.75, 3.05) is 0 Å².